The predicted molar refractivity (Wildman–Crippen MR) is 53.4 cm³/mol. The molecular formula is C7H11BO6S. The minimum absolute atomic E-state index is 0.0666. The largest absolute Gasteiger partial charge is 0.631 e. The molecule has 0 heterocycles. The zero-order chi connectivity index (χ0) is 12.1. The first-order chi connectivity index (χ1) is 6.73. The molecule has 6 nitrogen and oxygen atoms in total. The van der Waals surface area contributed by atoms with Crippen LogP contribution in [0.2, 0.25) is 0 Å². The lowest BCUT2D eigenvalue weighted by molar-refractivity contribution is 0.278. The van der Waals surface area contributed by atoms with Crippen molar-refractivity contribution >= 4 is 17.4 Å². The van der Waals surface area contributed by atoms with E-state index < -0.39 is 17.4 Å². The molecule has 0 bridgehead atoms. The minimum atomic E-state index is -4.02. The van der Waals surface area contributed by atoms with E-state index in [2.05, 4.69) is 0 Å². The van der Waals surface area contributed by atoms with Crippen LogP contribution in [-0.4, -0.2) is 35.4 Å². The molecule has 0 saturated heterocycles. The van der Waals surface area contributed by atoms with Gasteiger partial charge >= 0.3 is 7.32 Å². The highest BCUT2D eigenvalue weighted by Gasteiger charge is 2.06. The van der Waals surface area contributed by atoms with Crippen molar-refractivity contribution < 1.29 is 28.0 Å². The fourth-order valence-electron chi connectivity index (χ4n) is 0.710. The van der Waals surface area contributed by atoms with Crippen LogP contribution in [0.4, 0.5) is 0 Å². The summed E-state index contributed by atoms with van der Waals surface area (Å²) in [7, 11) is -6.19. The summed E-state index contributed by atoms with van der Waals surface area (Å²) in [5, 5.41) is 21.5. The van der Waals surface area contributed by atoms with Crippen molar-refractivity contribution in [1.82, 2.24) is 0 Å². The van der Waals surface area contributed by atoms with Gasteiger partial charge in [0, 0.05) is 0 Å². The monoisotopic (exact) mass is 234 g/mol. The second-order valence-corrected chi connectivity index (χ2v) is 4.06. The standard InChI is InChI=1S/C7H8O3S.BH3O3/c1-6-2-4-7(5-3-6)11(8,9)10;2-1(3)4/h2-5H,1H3,(H,8,9,10);2-4H. The van der Waals surface area contributed by atoms with Crippen LogP contribution in [0.15, 0.2) is 29.2 Å². The summed E-state index contributed by atoms with van der Waals surface area (Å²) in [4.78, 5) is -0.0666. The maximum absolute atomic E-state index is 10.5. The molecule has 0 spiro atoms. The first-order valence-electron chi connectivity index (χ1n) is 3.82. The summed E-state index contributed by atoms with van der Waals surface area (Å²) in [6.45, 7) is 1.84. The maximum Gasteiger partial charge on any atom is 0.631 e. The second kappa shape index (κ2) is 5.84. The van der Waals surface area contributed by atoms with Crippen LogP contribution in [-0.2, 0) is 10.1 Å². The molecule has 0 saturated carbocycles. The molecule has 0 radical (unpaired) electrons. The molecule has 84 valence electrons. The van der Waals surface area contributed by atoms with E-state index in [0.717, 1.165) is 5.56 Å². The van der Waals surface area contributed by atoms with Crippen LogP contribution in [0.1, 0.15) is 5.56 Å². The predicted octanol–water partition coefficient (Wildman–Crippen LogP) is -0.810. The van der Waals surface area contributed by atoms with Gasteiger partial charge in [-0.25, -0.2) is 0 Å². The highest BCUT2D eigenvalue weighted by molar-refractivity contribution is 7.85. The molecule has 4 N–H and O–H groups in total. The molecule has 0 aliphatic rings. The SMILES string of the molecule is Cc1ccc(S(=O)(=O)O)cc1.OB(O)O. The van der Waals surface area contributed by atoms with Crippen molar-refractivity contribution in [2.24, 2.45) is 0 Å². The average molecular weight is 234 g/mol. The summed E-state index contributed by atoms with van der Waals surface area (Å²) in [6, 6.07) is 5.99. The third-order valence-corrected chi connectivity index (χ3v) is 2.19. The van der Waals surface area contributed by atoms with E-state index >= 15 is 0 Å². The Labute approximate surface area is 87.7 Å². The molecule has 0 unspecified atom stereocenters. The smallest absolute Gasteiger partial charge is 0.402 e. The van der Waals surface area contributed by atoms with Gasteiger partial charge in [0.1, 0.15) is 0 Å². The van der Waals surface area contributed by atoms with Gasteiger partial charge in [0.15, 0.2) is 0 Å². The van der Waals surface area contributed by atoms with Crippen LogP contribution in [0.3, 0.4) is 0 Å². The van der Waals surface area contributed by atoms with E-state index in [9.17, 15) is 8.42 Å². The Bertz CT molecular complexity index is 382. The molecule has 1 rings (SSSR count). The van der Waals surface area contributed by atoms with E-state index in [0.29, 0.717) is 0 Å². The van der Waals surface area contributed by atoms with Crippen molar-refractivity contribution in [3.05, 3.63) is 29.8 Å². The highest BCUT2D eigenvalue weighted by Crippen LogP contribution is 2.08. The van der Waals surface area contributed by atoms with Crippen molar-refractivity contribution in [1.29, 1.82) is 0 Å². The molecule has 0 aromatic heterocycles. The van der Waals surface area contributed by atoms with Crippen molar-refractivity contribution in [3.8, 4) is 0 Å². The molecule has 0 fully saturated rings. The summed E-state index contributed by atoms with van der Waals surface area (Å²) < 4.78 is 29.6. The third-order valence-electron chi connectivity index (χ3n) is 1.32. The van der Waals surface area contributed by atoms with E-state index in [4.69, 9.17) is 19.6 Å². The van der Waals surface area contributed by atoms with Gasteiger partial charge in [0.25, 0.3) is 10.1 Å². The molecule has 15 heavy (non-hydrogen) atoms. The maximum atomic E-state index is 10.5. The zero-order valence-electron chi connectivity index (χ0n) is 7.90. The quantitative estimate of drug-likeness (QED) is 0.373. The molecule has 8 heteroatoms. The van der Waals surface area contributed by atoms with Gasteiger partial charge in [0.2, 0.25) is 0 Å². The van der Waals surface area contributed by atoms with Gasteiger partial charge in [-0.15, -0.1) is 0 Å². The Morgan fingerprint density at radius 2 is 1.40 bits per heavy atom. The fourth-order valence-corrected chi connectivity index (χ4v) is 1.19. The van der Waals surface area contributed by atoms with Gasteiger partial charge in [-0.2, -0.15) is 8.42 Å². The van der Waals surface area contributed by atoms with E-state index in [1.165, 1.54) is 12.1 Å². The molecule has 0 aliphatic carbocycles. The molecule has 1 aromatic carbocycles. The topological polar surface area (TPSA) is 115 Å². The number of hydrogen-bond acceptors (Lipinski definition) is 5. The van der Waals surface area contributed by atoms with Crippen LogP contribution in [0, 0.1) is 6.92 Å². The first kappa shape index (κ1) is 14.1. The molecular weight excluding hydrogens is 223 g/mol. The number of benzene rings is 1. The number of hydrogen-bond donors (Lipinski definition) is 4. The normalized spacial score (nSPS) is 10.2. The summed E-state index contributed by atoms with van der Waals surface area (Å²) in [5.41, 5.74) is 0.956. The van der Waals surface area contributed by atoms with Gasteiger partial charge in [-0.05, 0) is 19.1 Å². The Hall–Kier alpha value is -0.925. The van der Waals surface area contributed by atoms with E-state index in [1.54, 1.807) is 12.1 Å². The molecule has 0 atom stereocenters. The fraction of sp³-hybridized carbons (Fsp3) is 0.143. The Morgan fingerprint density at radius 1 is 1.07 bits per heavy atom. The van der Waals surface area contributed by atoms with Gasteiger partial charge in [-0.3, -0.25) is 4.55 Å². The van der Waals surface area contributed by atoms with Gasteiger partial charge in [-0.1, -0.05) is 17.7 Å². The third kappa shape index (κ3) is 7.06. The Kier molecular flexibility index (Phi) is 5.48. The van der Waals surface area contributed by atoms with E-state index in [1.807, 2.05) is 6.92 Å². The molecule has 1 aromatic rings. The lowest BCUT2D eigenvalue weighted by atomic mass is 10.2. The highest BCUT2D eigenvalue weighted by atomic mass is 32.2. The van der Waals surface area contributed by atoms with Crippen LogP contribution < -0.4 is 0 Å². The minimum Gasteiger partial charge on any atom is -0.402 e. The zero-order valence-corrected chi connectivity index (χ0v) is 8.72. The van der Waals surface area contributed by atoms with Crippen LogP contribution in [0.25, 0.3) is 0 Å². The summed E-state index contributed by atoms with van der Waals surface area (Å²) >= 11 is 0. The van der Waals surface area contributed by atoms with E-state index in [-0.39, 0.29) is 4.90 Å². The Morgan fingerprint density at radius 3 is 1.67 bits per heavy atom. The first-order valence-corrected chi connectivity index (χ1v) is 5.26. The second-order valence-electron chi connectivity index (χ2n) is 2.63. The van der Waals surface area contributed by atoms with Crippen molar-refractivity contribution in [2.45, 2.75) is 11.8 Å². The lowest BCUT2D eigenvalue weighted by Crippen LogP contribution is -2.07. The number of rotatable bonds is 1. The summed E-state index contributed by atoms with van der Waals surface area (Å²) in [5.74, 6) is 0. The molecule has 0 amide bonds. The van der Waals surface area contributed by atoms with Crippen molar-refractivity contribution in [3.63, 3.8) is 0 Å². The number of aryl methyl sites for hydroxylation is 1. The van der Waals surface area contributed by atoms with Gasteiger partial charge < -0.3 is 15.1 Å². The average Bonchev–Trinajstić information content (AvgIpc) is 2.01. The van der Waals surface area contributed by atoms with Gasteiger partial charge in [0.05, 0.1) is 4.90 Å². The van der Waals surface area contributed by atoms with Crippen LogP contribution >= 0.6 is 0 Å². The molecule has 0 aliphatic heterocycles. The summed E-state index contributed by atoms with van der Waals surface area (Å²) in [6.07, 6.45) is 0. The van der Waals surface area contributed by atoms with Crippen LogP contribution in [0.5, 0.6) is 0 Å². The Balaban J connectivity index is 0.000000423. The lowest BCUT2D eigenvalue weighted by Gasteiger charge is -1.95. The van der Waals surface area contributed by atoms with Crippen molar-refractivity contribution in [2.75, 3.05) is 0 Å².